The molecule has 5 heteroatoms. The van der Waals surface area contributed by atoms with E-state index in [9.17, 15) is 9.59 Å². The monoisotopic (exact) mass is 421 g/mol. The van der Waals surface area contributed by atoms with Gasteiger partial charge in [-0.1, -0.05) is 61.9 Å². The van der Waals surface area contributed by atoms with E-state index in [1.807, 2.05) is 39.0 Å². The Kier molecular flexibility index (Phi) is 7.85. The number of carbonyl (C=O) groups is 2. The zero-order valence-electron chi connectivity index (χ0n) is 19.2. The van der Waals surface area contributed by atoms with Crippen LogP contribution in [-0.4, -0.2) is 42.4 Å². The molecule has 2 aromatic rings. The third-order valence-corrected chi connectivity index (χ3v) is 6.14. The Balaban J connectivity index is 1.69. The van der Waals surface area contributed by atoms with Crippen LogP contribution in [0.15, 0.2) is 48.5 Å². The minimum Gasteiger partial charge on any atom is -0.352 e. The fraction of sp³-hybridized carbons (Fsp3) is 0.462. The van der Waals surface area contributed by atoms with E-state index in [2.05, 4.69) is 46.7 Å². The summed E-state index contributed by atoms with van der Waals surface area (Å²) in [5.74, 6) is -0.354. The predicted octanol–water partition coefficient (Wildman–Crippen LogP) is 4.01. The van der Waals surface area contributed by atoms with Gasteiger partial charge in [-0.25, -0.2) is 0 Å². The third-order valence-electron chi connectivity index (χ3n) is 6.14. The number of amides is 2. The molecule has 2 amide bonds. The van der Waals surface area contributed by atoms with Gasteiger partial charge in [0.25, 0.3) is 5.91 Å². The lowest BCUT2D eigenvalue weighted by molar-refractivity contribution is -0.124. The first-order chi connectivity index (χ1) is 14.9. The molecule has 1 saturated heterocycles. The van der Waals surface area contributed by atoms with Gasteiger partial charge in [0, 0.05) is 12.1 Å². The highest BCUT2D eigenvalue weighted by Gasteiger charge is 2.28. The molecule has 0 aromatic heterocycles. The first kappa shape index (κ1) is 23.0. The van der Waals surface area contributed by atoms with Gasteiger partial charge in [-0.2, -0.15) is 0 Å². The highest BCUT2D eigenvalue weighted by Crippen LogP contribution is 2.25. The third kappa shape index (κ3) is 5.95. The van der Waals surface area contributed by atoms with Gasteiger partial charge in [0.2, 0.25) is 5.91 Å². The van der Waals surface area contributed by atoms with Gasteiger partial charge in [-0.15, -0.1) is 0 Å². The maximum atomic E-state index is 13.1. The molecule has 1 aliphatic heterocycles. The molecule has 5 nitrogen and oxygen atoms in total. The molecule has 0 saturated carbocycles. The van der Waals surface area contributed by atoms with Crippen molar-refractivity contribution < 1.29 is 9.59 Å². The number of aryl methyl sites for hydroxylation is 2. The number of nitrogens with one attached hydrogen (secondary N) is 2. The SMILES string of the molecule is Cc1ccc(C(CNC(=O)C(NC(=O)c2ccccc2C)C(C)C)N2CCCC2)cc1. The van der Waals surface area contributed by atoms with Crippen molar-refractivity contribution in [3.8, 4) is 0 Å². The van der Waals surface area contributed by atoms with E-state index in [1.54, 1.807) is 6.07 Å². The summed E-state index contributed by atoms with van der Waals surface area (Å²) in [5, 5.41) is 6.08. The van der Waals surface area contributed by atoms with Crippen LogP contribution in [0.2, 0.25) is 0 Å². The number of benzene rings is 2. The van der Waals surface area contributed by atoms with Crippen molar-refractivity contribution >= 4 is 11.8 Å². The molecule has 2 atom stereocenters. The number of carbonyl (C=O) groups excluding carboxylic acids is 2. The first-order valence-electron chi connectivity index (χ1n) is 11.3. The Morgan fingerprint density at radius 2 is 1.61 bits per heavy atom. The lowest BCUT2D eigenvalue weighted by Gasteiger charge is -2.30. The minimum absolute atomic E-state index is 0.0161. The zero-order chi connectivity index (χ0) is 22.4. The Hall–Kier alpha value is -2.66. The summed E-state index contributed by atoms with van der Waals surface area (Å²) in [6.45, 7) is 10.5. The first-order valence-corrected chi connectivity index (χ1v) is 11.3. The molecule has 1 aliphatic rings. The molecule has 3 rings (SSSR count). The lowest BCUT2D eigenvalue weighted by Crippen LogP contribution is -2.51. The number of hydrogen-bond acceptors (Lipinski definition) is 3. The molecule has 1 heterocycles. The summed E-state index contributed by atoms with van der Waals surface area (Å²) in [6, 6.07) is 15.6. The van der Waals surface area contributed by atoms with Crippen LogP contribution in [0.1, 0.15) is 59.8 Å². The molecule has 0 spiro atoms. The van der Waals surface area contributed by atoms with E-state index < -0.39 is 6.04 Å². The van der Waals surface area contributed by atoms with E-state index in [0.29, 0.717) is 12.1 Å². The summed E-state index contributed by atoms with van der Waals surface area (Å²) in [7, 11) is 0. The van der Waals surface area contributed by atoms with Crippen molar-refractivity contribution in [2.24, 2.45) is 5.92 Å². The van der Waals surface area contributed by atoms with Crippen molar-refractivity contribution in [3.63, 3.8) is 0 Å². The molecule has 2 aromatic carbocycles. The van der Waals surface area contributed by atoms with Gasteiger partial charge >= 0.3 is 0 Å². The van der Waals surface area contributed by atoms with Crippen LogP contribution < -0.4 is 10.6 Å². The van der Waals surface area contributed by atoms with Crippen LogP contribution in [0.5, 0.6) is 0 Å². The smallest absolute Gasteiger partial charge is 0.252 e. The maximum Gasteiger partial charge on any atom is 0.252 e. The van der Waals surface area contributed by atoms with E-state index in [1.165, 1.54) is 24.0 Å². The van der Waals surface area contributed by atoms with E-state index in [0.717, 1.165) is 18.7 Å². The van der Waals surface area contributed by atoms with Crippen molar-refractivity contribution in [2.45, 2.75) is 52.6 Å². The van der Waals surface area contributed by atoms with Crippen LogP contribution in [0.25, 0.3) is 0 Å². The molecule has 2 unspecified atom stereocenters. The molecule has 0 radical (unpaired) electrons. The summed E-state index contributed by atoms with van der Waals surface area (Å²) < 4.78 is 0. The van der Waals surface area contributed by atoms with Gasteiger partial charge in [0.05, 0.1) is 6.04 Å². The van der Waals surface area contributed by atoms with Gasteiger partial charge in [-0.05, 0) is 62.9 Å². The van der Waals surface area contributed by atoms with Crippen LogP contribution in [0.3, 0.4) is 0 Å². The van der Waals surface area contributed by atoms with Crippen LogP contribution in [0.4, 0.5) is 0 Å². The Labute approximate surface area is 186 Å². The Bertz CT molecular complexity index is 886. The molecule has 1 fully saturated rings. The molecule has 166 valence electrons. The van der Waals surface area contributed by atoms with Crippen LogP contribution >= 0.6 is 0 Å². The second-order valence-electron chi connectivity index (χ2n) is 8.92. The fourth-order valence-electron chi connectivity index (χ4n) is 4.19. The molecule has 0 aliphatic carbocycles. The van der Waals surface area contributed by atoms with Crippen molar-refractivity contribution in [2.75, 3.05) is 19.6 Å². The number of hydrogen-bond donors (Lipinski definition) is 2. The van der Waals surface area contributed by atoms with Gasteiger partial charge in [-0.3, -0.25) is 14.5 Å². The lowest BCUT2D eigenvalue weighted by atomic mass is 10.0. The van der Waals surface area contributed by atoms with Crippen molar-refractivity contribution in [3.05, 3.63) is 70.8 Å². The van der Waals surface area contributed by atoms with Crippen molar-refractivity contribution in [1.82, 2.24) is 15.5 Å². The topological polar surface area (TPSA) is 61.4 Å². The molecule has 0 bridgehead atoms. The normalized spacial score (nSPS) is 16.2. The van der Waals surface area contributed by atoms with Gasteiger partial charge < -0.3 is 10.6 Å². The van der Waals surface area contributed by atoms with E-state index in [-0.39, 0.29) is 23.8 Å². The summed E-state index contributed by atoms with van der Waals surface area (Å²) in [5.41, 5.74) is 3.96. The predicted molar refractivity (Wildman–Crippen MR) is 125 cm³/mol. The quantitative estimate of drug-likeness (QED) is 0.677. The number of nitrogens with zero attached hydrogens (tertiary/aromatic N) is 1. The number of likely N-dealkylation sites (tertiary alicyclic amines) is 1. The zero-order valence-corrected chi connectivity index (χ0v) is 19.2. The molecule has 31 heavy (non-hydrogen) atoms. The second kappa shape index (κ2) is 10.6. The largest absolute Gasteiger partial charge is 0.352 e. The standard InChI is InChI=1S/C26H35N3O2/c1-18(2)24(28-25(30)22-10-6-5-9-20(22)4)26(31)27-17-23(29-15-7-8-16-29)21-13-11-19(3)12-14-21/h5-6,9-14,18,23-24H,7-8,15-17H2,1-4H3,(H,27,31)(H,28,30). The average molecular weight is 422 g/mol. The highest BCUT2D eigenvalue weighted by atomic mass is 16.2. The van der Waals surface area contributed by atoms with E-state index >= 15 is 0 Å². The van der Waals surface area contributed by atoms with Gasteiger partial charge in [0.15, 0.2) is 0 Å². The van der Waals surface area contributed by atoms with Crippen LogP contribution in [-0.2, 0) is 4.79 Å². The number of rotatable bonds is 8. The summed E-state index contributed by atoms with van der Waals surface area (Å²) in [6.07, 6.45) is 2.38. The molecular formula is C26H35N3O2. The molecule has 2 N–H and O–H groups in total. The van der Waals surface area contributed by atoms with Crippen LogP contribution in [0, 0.1) is 19.8 Å². The van der Waals surface area contributed by atoms with E-state index in [4.69, 9.17) is 0 Å². The fourth-order valence-corrected chi connectivity index (χ4v) is 4.19. The average Bonchev–Trinajstić information content (AvgIpc) is 3.27. The second-order valence-corrected chi connectivity index (χ2v) is 8.92. The Morgan fingerprint density at radius 3 is 2.23 bits per heavy atom. The van der Waals surface area contributed by atoms with Crippen molar-refractivity contribution in [1.29, 1.82) is 0 Å². The Morgan fingerprint density at radius 1 is 0.968 bits per heavy atom. The summed E-state index contributed by atoms with van der Waals surface area (Å²) in [4.78, 5) is 28.3. The highest BCUT2D eigenvalue weighted by molar-refractivity contribution is 5.98. The minimum atomic E-state index is -0.579. The van der Waals surface area contributed by atoms with Gasteiger partial charge in [0.1, 0.15) is 6.04 Å². The summed E-state index contributed by atoms with van der Waals surface area (Å²) >= 11 is 0. The molecular weight excluding hydrogens is 386 g/mol. The maximum absolute atomic E-state index is 13.1.